The maximum atomic E-state index is 14.0. The van der Waals surface area contributed by atoms with Crippen molar-refractivity contribution < 1.29 is 44.6 Å². The topological polar surface area (TPSA) is 79.4 Å². The fourth-order valence-corrected chi connectivity index (χ4v) is 7.68. The number of carbonyl (C=O) groups is 1. The Bertz CT molecular complexity index is 1480. The Balaban J connectivity index is 1.18. The molecule has 0 spiro atoms. The van der Waals surface area contributed by atoms with Gasteiger partial charge in [0.15, 0.2) is 11.5 Å². The van der Waals surface area contributed by atoms with Crippen LogP contribution in [0.3, 0.4) is 0 Å². The molecule has 0 aromatic heterocycles. The second-order valence-corrected chi connectivity index (χ2v) is 14.0. The number of piperazine rings is 1. The van der Waals surface area contributed by atoms with Crippen LogP contribution in [0.1, 0.15) is 51.6 Å². The average Bonchev–Trinajstić information content (AvgIpc) is 3.44. The molecule has 0 N–H and O–H groups in total. The number of carbonyl (C=O) groups excluding carboxylic acids is 1. The zero-order valence-electron chi connectivity index (χ0n) is 24.7. The van der Waals surface area contributed by atoms with E-state index in [9.17, 15) is 35.2 Å². The number of likely N-dealkylation sites (tertiary alicyclic amines) is 1. The molecular weight excluding hydrogens is 609 g/mol. The van der Waals surface area contributed by atoms with Gasteiger partial charge in [-0.05, 0) is 63.4 Å². The summed E-state index contributed by atoms with van der Waals surface area (Å²) >= 11 is 0. The Kier molecular flexibility index (Phi) is 8.66. The third-order valence-corrected chi connectivity index (χ3v) is 10.9. The maximum Gasteiger partial charge on any atom is 0.395 e. The molecule has 3 aliphatic rings. The quantitative estimate of drug-likeness (QED) is 0.379. The van der Waals surface area contributed by atoms with Crippen LogP contribution >= 0.6 is 0 Å². The lowest BCUT2D eigenvalue weighted by Gasteiger charge is -2.52. The van der Waals surface area contributed by atoms with Crippen LogP contribution in [-0.4, -0.2) is 92.2 Å². The van der Waals surface area contributed by atoms with Gasteiger partial charge in [0.25, 0.3) is 5.91 Å². The van der Waals surface area contributed by atoms with Crippen molar-refractivity contribution in [3.05, 3.63) is 48.0 Å². The number of hydrogen-bond acceptors (Lipinski definition) is 7. The molecular formula is C30H36F5N3O5S. The van der Waals surface area contributed by atoms with E-state index in [0.717, 1.165) is 10.5 Å². The van der Waals surface area contributed by atoms with E-state index in [0.29, 0.717) is 44.0 Å². The number of ether oxygens (including phenoxy) is 2. The van der Waals surface area contributed by atoms with E-state index in [1.165, 1.54) is 12.1 Å². The second kappa shape index (κ2) is 11.8. The fraction of sp³-hybridized carbons (Fsp3) is 0.567. The number of sulfone groups is 1. The molecule has 1 amide bonds. The smallest absolute Gasteiger partial charge is 0.395 e. The second-order valence-electron chi connectivity index (χ2n) is 12.1. The Morgan fingerprint density at radius 2 is 1.57 bits per heavy atom. The van der Waals surface area contributed by atoms with Gasteiger partial charge in [0.05, 0.1) is 9.79 Å². The van der Waals surface area contributed by atoms with Crippen LogP contribution in [-0.2, 0) is 14.6 Å². The van der Waals surface area contributed by atoms with E-state index in [1.807, 2.05) is 19.1 Å². The molecule has 0 bridgehead atoms. The standard InChI is InChI=1S/C30H36F5N3O5S/c1-20-17-37(28(3)10-12-36(13-11-28)27(39)29(31,32)18-30(33,34)35)14-15-38(20)21(2)22-4-6-23(7-5-22)44(40,41)24-8-9-25-26(16-24)43-19-42-25/h4-9,16,20-21H,10-15,17-19H2,1-3H3/t20-,21+/m1/s1. The highest BCUT2D eigenvalue weighted by Gasteiger charge is 2.52. The van der Waals surface area contributed by atoms with E-state index in [4.69, 9.17) is 9.47 Å². The SMILES string of the molecule is C[C@@H]1CN(C2(C)CCN(C(=O)C(F)(F)CC(F)(F)F)CC2)CCN1[C@@H](C)c1ccc(S(=O)(=O)c2ccc3c(c2)OCO3)cc1. The van der Waals surface area contributed by atoms with Crippen LogP contribution < -0.4 is 9.47 Å². The van der Waals surface area contributed by atoms with Gasteiger partial charge < -0.3 is 14.4 Å². The molecule has 0 saturated carbocycles. The van der Waals surface area contributed by atoms with Crippen LogP contribution in [0.25, 0.3) is 0 Å². The molecule has 44 heavy (non-hydrogen) atoms. The van der Waals surface area contributed by atoms with Crippen LogP contribution in [0.15, 0.2) is 52.3 Å². The minimum absolute atomic E-state index is 0.0161. The molecule has 2 atom stereocenters. The molecule has 5 rings (SSSR count). The molecule has 3 heterocycles. The fourth-order valence-electron chi connectivity index (χ4n) is 6.40. The summed E-state index contributed by atoms with van der Waals surface area (Å²) in [6.07, 6.45) is -6.84. The number of alkyl halides is 5. The summed E-state index contributed by atoms with van der Waals surface area (Å²) in [5, 5.41) is 0. The Hall–Kier alpha value is -2.97. The third-order valence-electron chi connectivity index (χ3n) is 9.13. The van der Waals surface area contributed by atoms with Gasteiger partial charge in [-0.3, -0.25) is 14.6 Å². The molecule has 8 nitrogen and oxygen atoms in total. The summed E-state index contributed by atoms with van der Waals surface area (Å²) in [5.74, 6) is -5.35. The van der Waals surface area contributed by atoms with E-state index < -0.39 is 34.3 Å². The molecule has 2 saturated heterocycles. The van der Waals surface area contributed by atoms with Crippen LogP contribution in [0.2, 0.25) is 0 Å². The van der Waals surface area contributed by atoms with Gasteiger partial charge in [0, 0.05) is 56.4 Å². The highest BCUT2D eigenvalue weighted by Crippen LogP contribution is 2.38. The Morgan fingerprint density at radius 3 is 2.18 bits per heavy atom. The van der Waals surface area contributed by atoms with Crippen LogP contribution in [0, 0.1) is 0 Å². The van der Waals surface area contributed by atoms with Gasteiger partial charge in [0.1, 0.15) is 6.42 Å². The van der Waals surface area contributed by atoms with E-state index in [2.05, 4.69) is 23.6 Å². The van der Waals surface area contributed by atoms with Crippen LogP contribution in [0.4, 0.5) is 22.0 Å². The molecule has 0 unspecified atom stereocenters. The highest BCUT2D eigenvalue weighted by molar-refractivity contribution is 7.91. The van der Waals surface area contributed by atoms with Crippen molar-refractivity contribution in [3.63, 3.8) is 0 Å². The summed E-state index contributed by atoms with van der Waals surface area (Å²) < 4.78 is 103. The predicted molar refractivity (Wildman–Crippen MR) is 150 cm³/mol. The van der Waals surface area contributed by atoms with Gasteiger partial charge >= 0.3 is 12.1 Å². The van der Waals surface area contributed by atoms with Crippen molar-refractivity contribution in [2.24, 2.45) is 0 Å². The zero-order valence-corrected chi connectivity index (χ0v) is 25.6. The van der Waals surface area contributed by atoms with E-state index in [-0.39, 0.29) is 47.3 Å². The molecule has 3 aliphatic heterocycles. The van der Waals surface area contributed by atoms with Crippen molar-refractivity contribution in [2.45, 2.75) is 79.5 Å². The first-order valence-corrected chi connectivity index (χ1v) is 16.0. The van der Waals surface area contributed by atoms with Gasteiger partial charge in [-0.1, -0.05) is 12.1 Å². The zero-order chi connectivity index (χ0) is 32.1. The number of nitrogens with zero attached hydrogens (tertiary/aromatic N) is 3. The number of piperidine rings is 1. The summed E-state index contributed by atoms with van der Waals surface area (Å²) in [5.41, 5.74) is 0.567. The third kappa shape index (κ3) is 6.52. The van der Waals surface area contributed by atoms with Gasteiger partial charge in [-0.15, -0.1) is 0 Å². The average molecular weight is 646 g/mol. The lowest BCUT2D eigenvalue weighted by atomic mass is 9.86. The summed E-state index contributed by atoms with van der Waals surface area (Å²) in [4.78, 5) is 17.9. The predicted octanol–water partition coefficient (Wildman–Crippen LogP) is 5.28. The largest absolute Gasteiger partial charge is 0.454 e. The van der Waals surface area contributed by atoms with E-state index in [1.54, 1.807) is 18.2 Å². The van der Waals surface area contributed by atoms with Crippen molar-refractivity contribution in [3.8, 4) is 11.5 Å². The highest BCUT2D eigenvalue weighted by atomic mass is 32.2. The first-order valence-electron chi connectivity index (χ1n) is 14.5. The number of hydrogen-bond donors (Lipinski definition) is 0. The van der Waals surface area contributed by atoms with Crippen LogP contribution in [0.5, 0.6) is 11.5 Å². The lowest BCUT2D eigenvalue weighted by molar-refractivity contribution is -0.201. The number of halogens is 5. The Labute approximate surface area is 253 Å². The van der Waals surface area contributed by atoms with Crippen molar-refractivity contribution in [1.29, 1.82) is 0 Å². The van der Waals surface area contributed by atoms with Crippen molar-refractivity contribution >= 4 is 15.7 Å². The minimum Gasteiger partial charge on any atom is -0.454 e. The first-order chi connectivity index (χ1) is 20.5. The summed E-state index contributed by atoms with van der Waals surface area (Å²) in [6.45, 7) is 8.18. The van der Waals surface area contributed by atoms with Gasteiger partial charge in [0.2, 0.25) is 16.6 Å². The summed E-state index contributed by atoms with van der Waals surface area (Å²) in [7, 11) is -3.76. The molecule has 2 fully saturated rings. The normalized spacial score (nSPS) is 22.2. The number of benzene rings is 2. The molecule has 2 aromatic rings. The molecule has 0 aliphatic carbocycles. The molecule has 242 valence electrons. The molecule has 0 radical (unpaired) electrons. The monoisotopic (exact) mass is 645 g/mol. The molecule has 2 aromatic carbocycles. The summed E-state index contributed by atoms with van der Waals surface area (Å²) in [6, 6.07) is 11.4. The number of fused-ring (bicyclic) bond motifs is 1. The van der Waals surface area contributed by atoms with E-state index >= 15 is 0 Å². The van der Waals surface area contributed by atoms with Crippen molar-refractivity contribution in [2.75, 3.05) is 39.5 Å². The van der Waals surface area contributed by atoms with Gasteiger partial charge in [-0.2, -0.15) is 22.0 Å². The maximum absolute atomic E-state index is 14.0. The first kappa shape index (κ1) is 32.4. The number of rotatable bonds is 7. The Morgan fingerprint density at radius 1 is 0.955 bits per heavy atom. The van der Waals surface area contributed by atoms with Gasteiger partial charge in [-0.25, -0.2) is 8.42 Å². The minimum atomic E-state index is -5.13. The number of amides is 1. The lowest BCUT2D eigenvalue weighted by Crippen LogP contribution is -2.62. The molecule has 14 heteroatoms. The van der Waals surface area contributed by atoms with Crippen molar-refractivity contribution in [1.82, 2.24) is 14.7 Å².